The SMILES string of the molecule is CNC(=O)c1c(-c2ccc(C)cc2)oc2cc(N(C)S(C)(=O)=O)c([C@H]3CCCN(S(=O)(=O)Cc4ccccc4)C3)cc12. The Kier molecular flexibility index (Phi) is 8.19. The summed E-state index contributed by atoms with van der Waals surface area (Å²) in [6.07, 6.45) is 2.39. The van der Waals surface area contributed by atoms with Crippen molar-refractivity contribution in [3.05, 3.63) is 89.0 Å². The number of carbonyl (C=O) groups excluding carboxylic acids is 1. The molecule has 222 valence electrons. The number of hydrogen-bond donors (Lipinski definition) is 1. The number of amides is 1. The molecule has 0 bridgehead atoms. The zero-order valence-electron chi connectivity index (χ0n) is 24.1. The number of fused-ring (bicyclic) bond motifs is 1. The van der Waals surface area contributed by atoms with E-state index in [1.807, 2.05) is 49.4 Å². The van der Waals surface area contributed by atoms with Crippen LogP contribution in [0.25, 0.3) is 22.3 Å². The van der Waals surface area contributed by atoms with Crippen molar-refractivity contribution in [3.8, 4) is 11.3 Å². The maximum absolute atomic E-state index is 13.4. The van der Waals surface area contributed by atoms with Gasteiger partial charge in [-0.15, -0.1) is 0 Å². The van der Waals surface area contributed by atoms with Crippen LogP contribution in [0.1, 0.15) is 45.8 Å². The Labute approximate surface area is 247 Å². The number of aryl methyl sites for hydroxylation is 1. The minimum Gasteiger partial charge on any atom is -0.455 e. The van der Waals surface area contributed by atoms with Crippen molar-refractivity contribution < 1.29 is 26.0 Å². The molecule has 42 heavy (non-hydrogen) atoms. The summed E-state index contributed by atoms with van der Waals surface area (Å²) in [5.74, 6) is -0.374. The Morgan fingerprint density at radius 1 is 1.05 bits per heavy atom. The quantitative estimate of drug-likeness (QED) is 0.305. The number of benzene rings is 3. The van der Waals surface area contributed by atoms with E-state index in [1.165, 1.54) is 15.7 Å². The summed E-state index contributed by atoms with van der Waals surface area (Å²) in [5.41, 5.74) is 4.22. The molecule has 2 heterocycles. The normalized spacial score (nSPS) is 16.4. The van der Waals surface area contributed by atoms with Gasteiger partial charge in [0.15, 0.2) is 0 Å². The van der Waals surface area contributed by atoms with E-state index in [1.54, 1.807) is 31.3 Å². The van der Waals surface area contributed by atoms with Crippen molar-refractivity contribution in [1.82, 2.24) is 9.62 Å². The molecule has 0 aliphatic carbocycles. The molecule has 1 fully saturated rings. The van der Waals surface area contributed by atoms with Crippen LogP contribution in [-0.4, -0.2) is 60.5 Å². The lowest BCUT2D eigenvalue weighted by Crippen LogP contribution is -2.40. The highest BCUT2D eigenvalue weighted by atomic mass is 32.2. The van der Waals surface area contributed by atoms with E-state index in [9.17, 15) is 21.6 Å². The van der Waals surface area contributed by atoms with Crippen LogP contribution in [-0.2, 0) is 25.8 Å². The molecule has 11 heteroatoms. The lowest BCUT2D eigenvalue weighted by atomic mass is 9.89. The van der Waals surface area contributed by atoms with E-state index >= 15 is 0 Å². The van der Waals surface area contributed by atoms with Crippen molar-refractivity contribution in [2.45, 2.75) is 31.4 Å². The monoisotopic (exact) mass is 609 g/mol. The first-order valence-electron chi connectivity index (χ1n) is 13.7. The van der Waals surface area contributed by atoms with Gasteiger partial charge in [0, 0.05) is 44.2 Å². The second-order valence-corrected chi connectivity index (χ2v) is 14.8. The number of nitrogens with one attached hydrogen (secondary N) is 1. The third kappa shape index (κ3) is 5.95. The van der Waals surface area contributed by atoms with Crippen LogP contribution < -0.4 is 9.62 Å². The molecule has 1 saturated heterocycles. The van der Waals surface area contributed by atoms with Gasteiger partial charge in [-0.2, -0.15) is 0 Å². The number of nitrogens with zero attached hydrogens (tertiary/aromatic N) is 2. The van der Waals surface area contributed by atoms with Gasteiger partial charge in [-0.25, -0.2) is 21.1 Å². The largest absolute Gasteiger partial charge is 0.455 e. The minimum absolute atomic E-state index is 0.113. The molecule has 0 saturated carbocycles. The first kappa shape index (κ1) is 29.8. The molecule has 0 radical (unpaired) electrons. The molecular weight excluding hydrogens is 574 g/mol. The highest BCUT2D eigenvalue weighted by Crippen LogP contribution is 2.42. The van der Waals surface area contributed by atoms with Crippen LogP contribution in [0.15, 0.2) is 71.1 Å². The molecule has 0 unspecified atom stereocenters. The molecule has 1 aromatic heterocycles. The van der Waals surface area contributed by atoms with Crippen LogP contribution in [0.5, 0.6) is 0 Å². The van der Waals surface area contributed by atoms with Crippen LogP contribution in [0.2, 0.25) is 0 Å². The fourth-order valence-corrected chi connectivity index (χ4v) is 7.64. The van der Waals surface area contributed by atoms with E-state index in [-0.39, 0.29) is 24.1 Å². The van der Waals surface area contributed by atoms with Gasteiger partial charge in [-0.05, 0) is 42.9 Å². The predicted octanol–water partition coefficient (Wildman–Crippen LogP) is 4.87. The summed E-state index contributed by atoms with van der Waals surface area (Å²) in [6.45, 7) is 2.55. The second-order valence-electron chi connectivity index (χ2n) is 10.8. The summed E-state index contributed by atoms with van der Waals surface area (Å²) >= 11 is 0. The van der Waals surface area contributed by atoms with Crippen molar-refractivity contribution in [2.75, 3.05) is 37.7 Å². The molecule has 1 atom stereocenters. The van der Waals surface area contributed by atoms with Gasteiger partial charge in [0.1, 0.15) is 11.3 Å². The molecule has 3 aromatic carbocycles. The lowest BCUT2D eigenvalue weighted by Gasteiger charge is -2.34. The number of carbonyl (C=O) groups is 1. The smallest absolute Gasteiger partial charge is 0.255 e. The zero-order valence-corrected chi connectivity index (χ0v) is 25.8. The third-order valence-corrected chi connectivity index (χ3v) is 10.9. The van der Waals surface area contributed by atoms with Gasteiger partial charge in [0.05, 0.1) is 23.3 Å². The summed E-state index contributed by atoms with van der Waals surface area (Å²) in [7, 11) is -4.28. The van der Waals surface area contributed by atoms with E-state index in [0.29, 0.717) is 64.1 Å². The van der Waals surface area contributed by atoms with Crippen LogP contribution >= 0.6 is 0 Å². The fraction of sp³-hybridized carbons (Fsp3) is 0.323. The van der Waals surface area contributed by atoms with Gasteiger partial charge in [-0.3, -0.25) is 9.10 Å². The molecule has 9 nitrogen and oxygen atoms in total. The van der Waals surface area contributed by atoms with E-state index in [2.05, 4.69) is 5.32 Å². The summed E-state index contributed by atoms with van der Waals surface area (Å²) in [5, 5.41) is 3.24. The van der Waals surface area contributed by atoms with E-state index < -0.39 is 20.0 Å². The number of rotatable bonds is 8. The second kappa shape index (κ2) is 11.5. The number of piperidine rings is 1. The molecular formula is C31H35N3O6S2. The van der Waals surface area contributed by atoms with Gasteiger partial charge in [0.25, 0.3) is 5.91 Å². The minimum atomic E-state index is -3.67. The van der Waals surface area contributed by atoms with Crippen LogP contribution in [0, 0.1) is 6.92 Å². The molecule has 1 aliphatic rings. The lowest BCUT2D eigenvalue weighted by molar-refractivity contribution is 0.0964. The maximum Gasteiger partial charge on any atom is 0.255 e. The molecule has 4 aromatic rings. The summed E-state index contributed by atoms with van der Waals surface area (Å²) in [4.78, 5) is 13.2. The van der Waals surface area contributed by atoms with Crippen molar-refractivity contribution in [1.29, 1.82) is 0 Å². The number of furan rings is 1. The predicted molar refractivity (Wildman–Crippen MR) is 166 cm³/mol. The topological polar surface area (TPSA) is 117 Å². The molecule has 0 spiro atoms. The third-order valence-electron chi connectivity index (χ3n) is 7.85. The van der Waals surface area contributed by atoms with Crippen LogP contribution in [0.4, 0.5) is 5.69 Å². The Hall–Kier alpha value is -3.67. The van der Waals surface area contributed by atoms with Crippen molar-refractivity contribution >= 4 is 42.6 Å². The average molecular weight is 610 g/mol. The van der Waals surface area contributed by atoms with Crippen molar-refractivity contribution in [2.24, 2.45) is 0 Å². The Balaban J connectivity index is 1.64. The van der Waals surface area contributed by atoms with Gasteiger partial charge in [-0.1, -0.05) is 60.2 Å². The van der Waals surface area contributed by atoms with E-state index in [0.717, 1.165) is 11.8 Å². The summed E-state index contributed by atoms with van der Waals surface area (Å²) in [6, 6.07) is 20.1. The maximum atomic E-state index is 13.4. The Morgan fingerprint density at radius 3 is 2.38 bits per heavy atom. The van der Waals surface area contributed by atoms with Gasteiger partial charge < -0.3 is 9.73 Å². The average Bonchev–Trinajstić information content (AvgIpc) is 3.34. The highest BCUT2D eigenvalue weighted by molar-refractivity contribution is 7.92. The standard InChI is InChI=1S/C31H35N3O6S2/c1-21-12-14-23(15-13-21)30-29(31(35)32-2)26-17-25(27(18-28(26)40-30)33(3)41(4,36)37)24-11-8-16-34(19-24)42(38,39)20-22-9-6-5-7-10-22/h5-7,9-10,12-15,17-18,24H,8,11,16,19-20H2,1-4H3,(H,32,35)/t24-/m0/s1. The zero-order chi connectivity index (χ0) is 30.2. The number of anilines is 1. The van der Waals surface area contributed by atoms with Crippen molar-refractivity contribution in [3.63, 3.8) is 0 Å². The Bertz CT molecular complexity index is 1830. The fourth-order valence-electron chi connectivity index (χ4n) is 5.51. The van der Waals surface area contributed by atoms with Gasteiger partial charge >= 0.3 is 0 Å². The summed E-state index contributed by atoms with van der Waals surface area (Å²) < 4.78 is 61.3. The molecule has 1 N–H and O–H groups in total. The first-order chi connectivity index (χ1) is 19.9. The molecule has 1 aliphatic heterocycles. The highest BCUT2D eigenvalue weighted by Gasteiger charge is 2.33. The van der Waals surface area contributed by atoms with E-state index in [4.69, 9.17) is 4.42 Å². The number of hydrogen-bond acceptors (Lipinski definition) is 6. The molecule has 5 rings (SSSR count). The number of sulfonamides is 2. The Morgan fingerprint density at radius 2 is 1.74 bits per heavy atom. The van der Waals surface area contributed by atoms with Gasteiger partial charge in [0.2, 0.25) is 20.0 Å². The van der Waals surface area contributed by atoms with Crippen LogP contribution in [0.3, 0.4) is 0 Å². The molecule has 1 amide bonds. The first-order valence-corrected chi connectivity index (χ1v) is 17.2.